The Morgan fingerprint density at radius 3 is 2.26 bits per heavy atom. The minimum absolute atomic E-state index is 0.0315. The number of hydrogen-bond donors (Lipinski definition) is 1. The summed E-state index contributed by atoms with van der Waals surface area (Å²) in [5, 5.41) is 2.95. The van der Waals surface area contributed by atoms with Gasteiger partial charge in [-0.3, -0.25) is 4.79 Å². The zero-order valence-corrected chi connectivity index (χ0v) is 15.4. The zero-order chi connectivity index (χ0) is 18.9. The van der Waals surface area contributed by atoms with Crippen molar-refractivity contribution in [2.45, 2.75) is 19.6 Å². The molecule has 0 heterocycles. The van der Waals surface area contributed by atoms with Crippen molar-refractivity contribution in [3.05, 3.63) is 95.6 Å². The van der Waals surface area contributed by atoms with Gasteiger partial charge < -0.3 is 14.8 Å². The van der Waals surface area contributed by atoms with E-state index in [0.717, 1.165) is 28.2 Å². The molecule has 0 radical (unpaired) electrons. The number of amides is 1. The van der Waals surface area contributed by atoms with Gasteiger partial charge in [0.25, 0.3) is 0 Å². The van der Waals surface area contributed by atoms with E-state index in [0.29, 0.717) is 19.6 Å². The number of carbonyl (C=O) groups excluding carboxylic acids is 1. The number of benzene rings is 3. The average molecular weight is 361 g/mol. The molecule has 138 valence electrons. The van der Waals surface area contributed by atoms with Crippen LogP contribution in [0.5, 0.6) is 11.5 Å². The van der Waals surface area contributed by atoms with E-state index in [2.05, 4.69) is 5.32 Å². The van der Waals surface area contributed by atoms with Crippen molar-refractivity contribution in [1.29, 1.82) is 0 Å². The van der Waals surface area contributed by atoms with Crippen molar-refractivity contribution >= 4 is 5.91 Å². The van der Waals surface area contributed by atoms with E-state index in [-0.39, 0.29) is 5.91 Å². The van der Waals surface area contributed by atoms with Crippen molar-refractivity contribution in [3.63, 3.8) is 0 Å². The van der Waals surface area contributed by atoms with Crippen LogP contribution in [0.1, 0.15) is 16.7 Å². The first-order valence-electron chi connectivity index (χ1n) is 8.89. The lowest BCUT2D eigenvalue weighted by Gasteiger charge is -2.10. The second-order valence-corrected chi connectivity index (χ2v) is 6.18. The maximum atomic E-state index is 12.2. The number of nitrogens with one attached hydrogen (secondary N) is 1. The summed E-state index contributed by atoms with van der Waals surface area (Å²) in [7, 11) is 1.61. The summed E-state index contributed by atoms with van der Waals surface area (Å²) in [6.07, 6.45) is 0.299. The number of rotatable bonds is 8. The van der Waals surface area contributed by atoms with Crippen LogP contribution in [-0.2, 0) is 24.4 Å². The van der Waals surface area contributed by atoms with Gasteiger partial charge in [0, 0.05) is 12.1 Å². The third kappa shape index (κ3) is 5.61. The van der Waals surface area contributed by atoms with Crippen molar-refractivity contribution in [3.8, 4) is 11.5 Å². The molecule has 1 N–H and O–H groups in total. The Hall–Kier alpha value is -3.27. The average Bonchev–Trinajstić information content (AvgIpc) is 2.72. The van der Waals surface area contributed by atoms with E-state index < -0.39 is 0 Å². The summed E-state index contributed by atoms with van der Waals surface area (Å²) in [5.41, 5.74) is 3.01. The Morgan fingerprint density at radius 1 is 0.852 bits per heavy atom. The Labute approximate surface area is 159 Å². The van der Waals surface area contributed by atoms with Gasteiger partial charge in [-0.1, -0.05) is 60.7 Å². The Kier molecular flexibility index (Phi) is 6.47. The highest BCUT2D eigenvalue weighted by Gasteiger charge is 2.08. The molecule has 0 saturated heterocycles. The Balaban J connectivity index is 1.47. The molecule has 3 aromatic rings. The summed E-state index contributed by atoms with van der Waals surface area (Å²) in [5.74, 6) is 1.55. The Bertz CT molecular complexity index is 860. The molecule has 0 saturated carbocycles. The van der Waals surface area contributed by atoms with Gasteiger partial charge in [-0.2, -0.15) is 0 Å². The molecule has 4 nitrogen and oxygen atoms in total. The summed E-state index contributed by atoms with van der Waals surface area (Å²) in [4.78, 5) is 12.2. The highest BCUT2D eigenvalue weighted by Crippen LogP contribution is 2.17. The van der Waals surface area contributed by atoms with Crippen LogP contribution in [-0.4, -0.2) is 13.0 Å². The van der Waals surface area contributed by atoms with Crippen LogP contribution in [0.3, 0.4) is 0 Å². The van der Waals surface area contributed by atoms with E-state index in [1.54, 1.807) is 7.11 Å². The van der Waals surface area contributed by atoms with Gasteiger partial charge in [0.1, 0.15) is 18.1 Å². The second kappa shape index (κ2) is 9.43. The quantitative estimate of drug-likeness (QED) is 0.656. The van der Waals surface area contributed by atoms with Gasteiger partial charge in [0.15, 0.2) is 0 Å². The lowest BCUT2D eigenvalue weighted by molar-refractivity contribution is -0.120. The van der Waals surface area contributed by atoms with Crippen molar-refractivity contribution < 1.29 is 14.3 Å². The summed E-state index contributed by atoms with van der Waals surface area (Å²) in [6, 6.07) is 25.3. The van der Waals surface area contributed by atoms with Crippen LogP contribution in [0.25, 0.3) is 0 Å². The molecule has 0 aliphatic heterocycles. The first-order valence-corrected chi connectivity index (χ1v) is 8.89. The summed E-state index contributed by atoms with van der Waals surface area (Å²) in [6.45, 7) is 1.01. The highest BCUT2D eigenvalue weighted by atomic mass is 16.5. The van der Waals surface area contributed by atoms with Crippen LogP contribution in [0.4, 0.5) is 0 Å². The molecule has 3 rings (SSSR count). The van der Waals surface area contributed by atoms with Gasteiger partial charge in [-0.25, -0.2) is 0 Å². The molecule has 27 heavy (non-hydrogen) atoms. The van der Waals surface area contributed by atoms with Crippen LogP contribution in [0, 0.1) is 0 Å². The molecule has 0 fully saturated rings. The molecule has 0 unspecified atom stereocenters. The van der Waals surface area contributed by atoms with Gasteiger partial charge in [0.05, 0.1) is 13.5 Å². The third-order valence-electron chi connectivity index (χ3n) is 4.20. The topological polar surface area (TPSA) is 47.6 Å². The van der Waals surface area contributed by atoms with Crippen LogP contribution >= 0.6 is 0 Å². The SMILES string of the molecule is COc1ccccc1CC(=O)NCc1ccc(COc2ccccc2)cc1. The fourth-order valence-electron chi connectivity index (χ4n) is 2.72. The van der Waals surface area contributed by atoms with E-state index in [1.807, 2.05) is 78.9 Å². The lowest BCUT2D eigenvalue weighted by Crippen LogP contribution is -2.24. The predicted octanol–water partition coefficient (Wildman–Crippen LogP) is 4.13. The molecule has 0 spiro atoms. The minimum atomic E-state index is -0.0315. The smallest absolute Gasteiger partial charge is 0.224 e. The van der Waals surface area contributed by atoms with Crippen molar-refractivity contribution in [2.75, 3.05) is 7.11 Å². The van der Waals surface area contributed by atoms with E-state index >= 15 is 0 Å². The van der Waals surface area contributed by atoms with E-state index in [9.17, 15) is 4.79 Å². The molecule has 0 aromatic heterocycles. The maximum Gasteiger partial charge on any atom is 0.224 e. The molecule has 0 aliphatic rings. The standard InChI is InChI=1S/C23H23NO3/c1-26-22-10-6-5-7-20(22)15-23(25)24-16-18-11-13-19(14-12-18)17-27-21-8-3-2-4-9-21/h2-14H,15-17H2,1H3,(H,24,25). The molecule has 3 aromatic carbocycles. The monoisotopic (exact) mass is 361 g/mol. The number of hydrogen-bond acceptors (Lipinski definition) is 3. The molecule has 0 bridgehead atoms. The first-order chi connectivity index (χ1) is 13.2. The molecule has 1 amide bonds. The Morgan fingerprint density at radius 2 is 1.52 bits per heavy atom. The fourth-order valence-corrected chi connectivity index (χ4v) is 2.72. The van der Waals surface area contributed by atoms with E-state index in [1.165, 1.54) is 0 Å². The molecule has 4 heteroatoms. The number of methoxy groups -OCH3 is 1. The molecule has 0 atom stereocenters. The van der Waals surface area contributed by atoms with E-state index in [4.69, 9.17) is 9.47 Å². The third-order valence-corrected chi connectivity index (χ3v) is 4.20. The lowest BCUT2D eigenvalue weighted by atomic mass is 10.1. The number of carbonyl (C=O) groups is 1. The zero-order valence-electron chi connectivity index (χ0n) is 15.4. The minimum Gasteiger partial charge on any atom is -0.496 e. The van der Waals surface area contributed by atoms with Crippen LogP contribution in [0.15, 0.2) is 78.9 Å². The molecule has 0 aliphatic carbocycles. The van der Waals surface area contributed by atoms with Crippen molar-refractivity contribution in [2.24, 2.45) is 0 Å². The summed E-state index contributed by atoms with van der Waals surface area (Å²) < 4.78 is 11.0. The maximum absolute atomic E-state index is 12.2. The largest absolute Gasteiger partial charge is 0.496 e. The first kappa shape index (κ1) is 18.5. The normalized spacial score (nSPS) is 10.3. The molecular formula is C23H23NO3. The summed E-state index contributed by atoms with van der Waals surface area (Å²) >= 11 is 0. The number of ether oxygens (including phenoxy) is 2. The van der Waals surface area contributed by atoms with Crippen LogP contribution < -0.4 is 14.8 Å². The predicted molar refractivity (Wildman–Crippen MR) is 106 cm³/mol. The number of para-hydroxylation sites is 2. The van der Waals surface area contributed by atoms with Gasteiger partial charge >= 0.3 is 0 Å². The highest BCUT2D eigenvalue weighted by molar-refractivity contribution is 5.79. The van der Waals surface area contributed by atoms with Crippen molar-refractivity contribution in [1.82, 2.24) is 5.32 Å². The van der Waals surface area contributed by atoms with Gasteiger partial charge in [0.2, 0.25) is 5.91 Å². The van der Waals surface area contributed by atoms with Crippen LogP contribution in [0.2, 0.25) is 0 Å². The van der Waals surface area contributed by atoms with Gasteiger partial charge in [-0.15, -0.1) is 0 Å². The fraction of sp³-hybridized carbons (Fsp3) is 0.174. The van der Waals surface area contributed by atoms with Gasteiger partial charge in [-0.05, 0) is 29.3 Å². The molecular weight excluding hydrogens is 338 g/mol. The second-order valence-electron chi connectivity index (χ2n) is 6.18.